The highest BCUT2D eigenvalue weighted by Crippen LogP contribution is 2.47. The summed E-state index contributed by atoms with van der Waals surface area (Å²) in [5.74, 6) is -1.19. The summed E-state index contributed by atoms with van der Waals surface area (Å²) in [7, 11) is 0. The van der Waals surface area contributed by atoms with Gasteiger partial charge in [-0.1, -0.05) is 64.0 Å². The van der Waals surface area contributed by atoms with E-state index in [1.165, 1.54) is 4.90 Å². The predicted octanol–water partition coefficient (Wildman–Crippen LogP) is 4.81. The van der Waals surface area contributed by atoms with Crippen LogP contribution in [0.5, 0.6) is 0 Å². The minimum Gasteiger partial charge on any atom is -0.273 e. The lowest BCUT2D eigenvalue weighted by Gasteiger charge is -2.28. The van der Waals surface area contributed by atoms with Gasteiger partial charge < -0.3 is 0 Å². The van der Waals surface area contributed by atoms with Crippen LogP contribution in [0.15, 0.2) is 83.3 Å². The van der Waals surface area contributed by atoms with Crippen LogP contribution in [0, 0.1) is 12.8 Å². The van der Waals surface area contributed by atoms with E-state index in [0.29, 0.717) is 5.69 Å². The van der Waals surface area contributed by atoms with Crippen molar-refractivity contribution in [2.75, 3.05) is 9.96 Å². The second kappa shape index (κ2) is 7.38. The molecule has 0 aliphatic carbocycles. The normalized spacial score (nSPS) is 23.2. The summed E-state index contributed by atoms with van der Waals surface area (Å²) in [5.41, 5.74) is 3.44. The number of aryl methyl sites for hydroxylation is 1. The number of imide groups is 1. The monoisotopic (exact) mass is 462 g/mol. The van der Waals surface area contributed by atoms with Crippen LogP contribution in [0.3, 0.4) is 0 Å². The first-order valence-electron chi connectivity index (χ1n) is 9.75. The largest absolute Gasteiger partial charge is 0.273 e. The van der Waals surface area contributed by atoms with Crippen molar-refractivity contribution in [3.05, 3.63) is 94.5 Å². The quantitative estimate of drug-likeness (QED) is 0.524. The molecule has 2 aliphatic rings. The number of anilines is 2. The molecule has 0 spiro atoms. The third-order valence-electron chi connectivity index (χ3n) is 5.63. The molecule has 150 valence electrons. The summed E-state index contributed by atoms with van der Waals surface area (Å²) in [4.78, 5) is 34.1. The Labute approximate surface area is 183 Å². The van der Waals surface area contributed by atoms with Gasteiger partial charge in [0.05, 0.1) is 17.4 Å². The van der Waals surface area contributed by atoms with Crippen LogP contribution in [0.25, 0.3) is 0 Å². The number of amides is 2. The van der Waals surface area contributed by atoms with Crippen molar-refractivity contribution in [2.24, 2.45) is 5.92 Å². The standard InChI is InChI=1S/C24H19BrN2O3/c1-15-7-9-16(10-8-15)21-20-22(30-27(21)19-5-3-2-4-6-19)24(29)26(23(20)28)18-13-11-17(25)12-14-18/h2-14,20-22H,1H3/t20-,21+,22+/m1/s1. The predicted molar refractivity (Wildman–Crippen MR) is 118 cm³/mol. The van der Waals surface area contributed by atoms with Crippen molar-refractivity contribution in [1.82, 2.24) is 0 Å². The zero-order valence-corrected chi connectivity index (χ0v) is 17.8. The first kappa shape index (κ1) is 19.0. The lowest BCUT2D eigenvalue weighted by Crippen LogP contribution is -2.37. The molecular formula is C24H19BrN2O3. The topological polar surface area (TPSA) is 49.9 Å². The number of halogens is 1. The number of rotatable bonds is 3. The first-order valence-corrected chi connectivity index (χ1v) is 10.5. The van der Waals surface area contributed by atoms with E-state index in [1.807, 2.05) is 73.7 Å². The van der Waals surface area contributed by atoms with Gasteiger partial charge in [0.25, 0.3) is 5.91 Å². The number of hydrogen-bond donors (Lipinski definition) is 0. The zero-order valence-electron chi connectivity index (χ0n) is 16.2. The smallest absolute Gasteiger partial charge is 0.266 e. The summed E-state index contributed by atoms with van der Waals surface area (Å²) in [6.07, 6.45) is -0.854. The van der Waals surface area contributed by atoms with E-state index >= 15 is 0 Å². The maximum Gasteiger partial charge on any atom is 0.266 e. The van der Waals surface area contributed by atoms with E-state index in [1.54, 1.807) is 17.2 Å². The molecule has 0 N–H and O–H groups in total. The number of benzene rings is 3. The van der Waals surface area contributed by atoms with Crippen LogP contribution in [0.2, 0.25) is 0 Å². The van der Waals surface area contributed by atoms with Crippen LogP contribution >= 0.6 is 15.9 Å². The van der Waals surface area contributed by atoms with Gasteiger partial charge in [0.2, 0.25) is 5.91 Å². The Balaban J connectivity index is 1.58. The fourth-order valence-electron chi connectivity index (χ4n) is 4.16. The van der Waals surface area contributed by atoms with E-state index in [9.17, 15) is 9.59 Å². The molecule has 2 fully saturated rings. The lowest BCUT2D eigenvalue weighted by molar-refractivity contribution is -0.126. The Morgan fingerprint density at radius 3 is 2.13 bits per heavy atom. The molecule has 0 bridgehead atoms. The summed E-state index contributed by atoms with van der Waals surface area (Å²) < 4.78 is 0.884. The van der Waals surface area contributed by atoms with Crippen molar-refractivity contribution in [1.29, 1.82) is 0 Å². The van der Waals surface area contributed by atoms with Crippen LogP contribution in [-0.4, -0.2) is 17.9 Å². The summed E-state index contributed by atoms with van der Waals surface area (Å²) in [5, 5.41) is 1.72. The van der Waals surface area contributed by atoms with E-state index in [2.05, 4.69) is 15.9 Å². The maximum atomic E-state index is 13.5. The SMILES string of the molecule is Cc1ccc([C@H]2[C@H]3C(=O)N(c4ccc(Br)cc4)C(=O)[C@H]3ON2c2ccccc2)cc1. The average molecular weight is 463 g/mol. The molecule has 3 atom stereocenters. The Kier molecular flexibility index (Phi) is 4.68. The summed E-state index contributed by atoms with van der Waals surface area (Å²) in [6, 6.07) is 24.4. The Hall–Kier alpha value is -2.96. The van der Waals surface area contributed by atoms with Gasteiger partial charge in [0.1, 0.15) is 5.92 Å². The van der Waals surface area contributed by atoms with Gasteiger partial charge in [-0.15, -0.1) is 0 Å². The zero-order chi connectivity index (χ0) is 20.8. The van der Waals surface area contributed by atoms with Gasteiger partial charge in [0.15, 0.2) is 6.10 Å². The van der Waals surface area contributed by atoms with Gasteiger partial charge in [-0.05, 0) is 48.9 Å². The number of fused-ring (bicyclic) bond motifs is 1. The molecule has 2 saturated heterocycles. The van der Waals surface area contributed by atoms with E-state index < -0.39 is 18.1 Å². The molecule has 0 radical (unpaired) electrons. The molecule has 0 aromatic heterocycles. The van der Waals surface area contributed by atoms with Crippen LogP contribution in [0.1, 0.15) is 17.2 Å². The summed E-state index contributed by atoms with van der Waals surface area (Å²) in [6.45, 7) is 2.02. The van der Waals surface area contributed by atoms with Crippen LogP contribution in [0.4, 0.5) is 11.4 Å². The minimum absolute atomic E-state index is 0.240. The molecule has 3 aromatic carbocycles. The van der Waals surface area contributed by atoms with Crippen LogP contribution in [-0.2, 0) is 14.4 Å². The maximum absolute atomic E-state index is 13.5. The molecule has 3 aromatic rings. The van der Waals surface area contributed by atoms with Crippen molar-refractivity contribution in [3.63, 3.8) is 0 Å². The summed E-state index contributed by atoms with van der Waals surface area (Å²) >= 11 is 3.39. The third-order valence-corrected chi connectivity index (χ3v) is 6.16. The number of hydroxylamine groups is 1. The molecule has 2 amide bonds. The van der Waals surface area contributed by atoms with Crippen molar-refractivity contribution >= 4 is 39.1 Å². The fourth-order valence-corrected chi connectivity index (χ4v) is 4.42. The highest BCUT2D eigenvalue weighted by molar-refractivity contribution is 9.10. The molecule has 0 unspecified atom stereocenters. The average Bonchev–Trinajstić information content (AvgIpc) is 3.27. The Morgan fingerprint density at radius 1 is 0.800 bits per heavy atom. The van der Waals surface area contributed by atoms with Gasteiger partial charge in [-0.25, -0.2) is 9.96 Å². The fraction of sp³-hybridized carbons (Fsp3) is 0.167. The highest BCUT2D eigenvalue weighted by Gasteiger charge is 2.60. The van der Waals surface area contributed by atoms with Crippen molar-refractivity contribution < 1.29 is 14.4 Å². The second-order valence-corrected chi connectivity index (χ2v) is 8.47. The first-order chi connectivity index (χ1) is 14.5. The van der Waals surface area contributed by atoms with Gasteiger partial charge in [-0.2, -0.15) is 0 Å². The molecule has 6 heteroatoms. The minimum atomic E-state index is -0.854. The number of carbonyl (C=O) groups excluding carboxylic acids is 2. The number of carbonyl (C=O) groups is 2. The molecule has 5 rings (SSSR count). The van der Waals surface area contributed by atoms with E-state index in [4.69, 9.17) is 4.84 Å². The molecule has 30 heavy (non-hydrogen) atoms. The highest BCUT2D eigenvalue weighted by atomic mass is 79.9. The van der Waals surface area contributed by atoms with Gasteiger partial charge in [0, 0.05) is 4.47 Å². The van der Waals surface area contributed by atoms with E-state index in [-0.39, 0.29) is 11.8 Å². The molecule has 0 saturated carbocycles. The molecule has 2 aliphatic heterocycles. The molecular weight excluding hydrogens is 444 g/mol. The second-order valence-electron chi connectivity index (χ2n) is 7.56. The number of hydrogen-bond acceptors (Lipinski definition) is 4. The van der Waals surface area contributed by atoms with E-state index in [0.717, 1.165) is 21.3 Å². The Morgan fingerprint density at radius 2 is 1.47 bits per heavy atom. The third kappa shape index (κ3) is 3.04. The lowest BCUT2D eigenvalue weighted by atomic mass is 9.90. The Bertz CT molecular complexity index is 1100. The van der Waals surface area contributed by atoms with Gasteiger partial charge in [-0.3, -0.25) is 14.4 Å². The van der Waals surface area contributed by atoms with Crippen molar-refractivity contribution in [2.45, 2.75) is 19.1 Å². The van der Waals surface area contributed by atoms with Gasteiger partial charge >= 0.3 is 0 Å². The molecule has 2 heterocycles. The number of nitrogens with zero attached hydrogens (tertiary/aromatic N) is 2. The van der Waals surface area contributed by atoms with Crippen LogP contribution < -0.4 is 9.96 Å². The molecule has 5 nitrogen and oxygen atoms in total. The number of para-hydroxylation sites is 1. The van der Waals surface area contributed by atoms with Crippen molar-refractivity contribution in [3.8, 4) is 0 Å².